The topological polar surface area (TPSA) is 74.2 Å². The van der Waals surface area contributed by atoms with Gasteiger partial charge in [-0.25, -0.2) is 19.3 Å². The molecule has 0 saturated carbocycles. The molecule has 1 aliphatic rings. The van der Waals surface area contributed by atoms with Crippen molar-refractivity contribution in [1.29, 1.82) is 0 Å². The first-order chi connectivity index (χ1) is 14.1. The number of rotatable bonds is 4. The summed E-state index contributed by atoms with van der Waals surface area (Å²) in [6.07, 6.45) is 1.77. The van der Waals surface area contributed by atoms with Crippen LogP contribution in [0.2, 0.25) is 0 Å². The second-order valence-corrected chi connectivity index (χ2v) is 6.82. The molecule has 1 saturated heterocycles. The van der Waals surface area contributed by atoms with E-state index in [2.05, 4.69) is 25.2 Å². The monoisotopic (exact) mass is 392 g/mol. The third kappa shape index (κ3) is 4.48. The Hall–Kier alpha value is -3.55. The molecule has 0 radical (unpaired) electrons. The molecule has 1 aromatic carbocycles. The zero-order chi connectivity index (χ0) is 20.2. The second-order valence-electron chi connectivity index (χ2n) is 6.82. The van der Waals surface area contributed by atoms with Crippen molar-refractivity contribution in [2.75, 3.05) is 36.4 Å². The molecule has 148 valence electrons. The highest BCUT2D eigenvalue weighted by Gasteiger charge is 2.24. The highest BCUT2D eigenvalue weighted by Crippen LogP contribution is 2.17. The maximum Gasteiger partial charge on any atom is 0.272 e. The lowest BCUT2D eigenvalue weighted by Crippen LogP contribution is -2.49. The molecular weight excluding hydrogens is 371 g/mol. The third-order valence-corrected chi connectivity index (χ3v) is 4.69. The fourth-order valence-corrected chi connectivity index (χ4v) is 3.27. The van der Waals surface area contributed by atoms with Gasteiger partial charge in [-0.2, -0.15) is 0 Å². The van der Waals surface area contributed by atoms with Crippen LogP contribution in [0.3, 0.4) is 0 Å². The van der Waals surface area contributed by atoms with Crippen LogP contribution < -0.4 is 10.2 Å². The highest BCUT2D eigenvalue weighted by atomic mass is 19.1. The van der Waals surface area contributed by atoms with Crippen LogP contribution in [0.1, 0.15) is 16.2 Å². The largest absolute Gasteiger partial charge is 0.353 e. The van der Waals surface area contributed by atoms with E-state index in [-0.39, 0.29) is 17.7 Å². The standard InChI is InChI=1S/C21H21FN6O/c1-15-13-18(26-21(24-15)25-17-6-4-5-16(22)14-17)20(29)28-11-9-27(10-12-28)19-7-2-3-8-23-19/h2-8,13-14H,9-12H2,1H3,(H,24,25,26). The van der Waals surface area contributed by atoms with Crippen LogP contribution in [0.4, 0.5) is 21.8 Å². The zero-order valence-electron chi connectivity index (χ0n) is 16.0. The average molecular weight is 392 g/mol. The van der Waals surface area contributed by atoms with Crippen molar-refractivity contribution in [1.82, 2.24) is 19.9 Å². The van der Waals surface area contributed by atoms with Crippen molar-refractivity contribution in [3.05, 3.63) is 71.9 Å². The summed E-state index contributed by atoms with van der Waals surface area (Å²) in [4.78, 5) is 29.9. The van der Waals surface area contributed by atoms with Crippen LogP contribution in [-0.2, 0) is 0 Å². The summed E-state index contributed by atoms with van der Waals surface area (Å²) in [6, 6.07) is 13.5. The third-order valence-electron chi connectivity index (χ3n) is 4.69. The van der Waals surface area contributed by atoms with E-state index >= 15 is 0 Å². The summed E-state index contributed by atoms with van der Waals surface area (Å²) in [5.74, 6) is 0.688. The van der Waals surface area contributed by atoms with Gasteiger partial charge in [-0.3, -0.25) is 4.79 Å². The SMILES string of the molecule is Cc1cc(C(=O)N2CCN(c3ccccn3)CC2)nc(Nc2cccc(F)c2)n1. The van der Waals surface area contributed by atoms with Gasteiger partial charge < -0.3 is 15.1 Å². The van der Waals surface area contributed by atoms with Crippen molar-refractivity contribution in [3.8, 4) is 0 Å². The lowest BCUT2D eigenvalue weighted by atomic mass is 10.2. The molecule has 1 N–H and O–H groups in total. The number of halogens is 1. The summed E-state index contributed by atoms with van der Waals surface area (Å²) >= 11 is 0. The Kier molecular flexibility index (Phi) is 5.33. The molecule has 1 amide bonds. The number of nitrogens with one attached hydrogen (secondary N) is 1. The Morgan fingerprint density at radius 3 is 2.59 bits per heavy atom. The molecule has 7 nitrogen and oxygen atoms in total. The minimum atomic E-state index is -0.357. The van der Waals surface area contributed by atoms with Gasteiger partial charge in [0.15, 0.2) is 0 Å². The molecule has 8 heteroatoms. The van der Waals surface area contributed by atoms with Gasteiger partial charge in [0.25, 0.3) is 5.91 Å². The molecular formula is C21H21FN6O. The van der Waals surface area contributed by atoms with Crippen molar-refractivity contribution in [3.63, 3.8) is 0 Å². The van der Waals surface area contributed by atoms with Crippen LogP contribution in [0.5, 0.6) is 0 Å². The fraction of sp³-hybridized carbons (Fsp3) is 0.238. The molecule has 0 spiro atoms. The second kappa shape index (κ2) is 8.22. The number of nitrogens with zero attached hydrogens (tertiary/aromatic N) is 5. The molecule has 3 heterocycles. The Bertz CT molecular complexity index is 1010. The van der Waals surface area contributed by atoms with Crippen molar-refractivity contribution in [2.24, 2.45) is 0 Å². The van der Waals surface area contributed by atoms with Crippen molar-refractivity contribution < 1.29 is 9.18 Å². The summed E-state index contributed by atoms with van der Waals surface area (Å²) < 4.78 is 13.4. The number of aryl methyl sites for hydroxylation is 1. The van der Waals surface area contributed by atoms with Gasteiger partial charge in [0, 0.05) is 43.8 Å². The first kappa shape index (κ1) is 18.8. The van der Waals surface area contributed by atoms with Crippen molar-refractivity contribution >= 4 is 23.4 Å². The smallest absolute Gasteiger partial charge is 0.272 e. The van der Waals surface area contributed by atoms with E-state index in [1.54, 1.807) is 36.2 Å². The quantitative estimate of drug-likeness (QED) is 0.736. The number of amides is 1. The number of carbonyl (C=O) groups is 1. The number of carbonyl (C=O) groups excluding carboxylic acids is 1. The Labute approximate surface area is 168 Å². The normalized spacial score (nSPS) is 14.0. The number of anilines is 3. The van der Waals surface area contributed by atoms with Gasteiger partial charge in [-0.05, 0) is 43.3 Å². The summed E-state index contributed by atoms with van der Waals surface area (Å²) in [5, 5.41) is 2.96. The van der Waals surface area contributed by atoms with Gasteiger partial charge in [-0.15, -0.1) is 0 Å². The Morgan fingerprint density at radius 2 is 1.86 bits per heavy atom. The molecule has 2 aromatic heterocycles. The predicted octanol–water partition coefficient (Wildman–Crippen LogP) is 3.03. The Balaban J connectivity index is 1.45. The van der Waals surface area contributed by atoms with Gasteiger partial charge in [0.2, 0.25) is 5.95 Å². The lowest BCUT2D eigenvalue weighted by Gasteiger charge is -2.35. The van der Waals surface area contributed by atoms with Crippen LogP contribution in [0, 0.1) is 12.7 Å². The summed E-state index contributed by atoms with van der Waals surface area (Å²) in [5.41, 5.74) is 1.51. The Morgan fingerprint density at radius 1 is 1.03 bits per heavy atom. The average Bonchev–Trinajstić information content (AvgIpc) is 2.73. The number of hydrogen-bond acceptors (Lipinski definition) is 6. The fourth-order valence-electron chi connectivity index (χ4n) is 3.27. The molecule has 0 bridgehead atoms. The van der Waals surface area contributed by atoms with E-state index in [0.29, 0.717) is 43.3 Å². The highest BCUT2D eigenvalue weighted by molar-refractivity contribution is 5.93. The molecule has 4 rings (SSSR count). The van der Waals surface area contributed by atoms with E-state index < -0.39 is 0 Å². The van der Waals surface area contributed by atoms with Crippen LogP contribution >= 0.6 is 0 Å². The number of piperazine rings is 1. The molecule has 29 heavy (non-hydrogen) atoms. The summed E-state index contributed by atoms with van der Waals surface area (Å²) in [6.45, 7) is 4.40. The number of aromatic nitrogens is 3. The van der Waals surface area contributed by atoms with Gasteiger partial charge in [0.1, 0.15) is 17.3 Å². The molecule has 0 atom stereocenters. The van der Waals surface area contributed by atoms with Crippen molar-refractivity contribution in [2.45, 2.75) is 6.92 Å². The molecule has 0 unspecified atom stereocenters. The number of hydrogen-bond donors (Lipinski definition) is 1. The molecule has 0 aliphatic carbocycles. The molecule has 1 fully saturated rings. The number of benzene rings is 1. The number of pyridine rings is 1. The van der Waals surface area contributed by atoms with Crippen LogP contribution in [0.25, 0.3) is 0 Å². The van der Waals surface area contributed by atoms with E-state index in [1.807, 2.05) is 18.2 Å². The van der Waals surface area contributed by atoms with Crippen LogP contribution in [0.15, 0.2) is 54.7 Å². The minimum absolute atomic E-state index is 0.140. The molecule has 3 aromatic rings. The van der Waals surface area contributed by atoms with E-state index in [4.69, 9.17) is 0 Å². The van der Waals surface area contributed by atoms with E-state index in [1.165, 1.54) is 12.1 Å². The van der Waals surface area contributed by atoms with Gasteiger partial charge in [-0.1, -0.05) is 12.1 Å². The minimum Gasteiger partial charge on any atom is -0.353 e. The predicted molar refractivity (Wildman–Crippen MR) is 109 cm³/mol. The van der Waals surface area contributed by atoms with Gasteiger partial charge >= 0.3 is 0 Å². The van der Waals surface area contributed by atoms with Gasteiger partial charge in [0.05, 0.1) is 0 Å². The lowest BCUT2D eigenvalue weighted by molar-refractivity contribution is 0.0740. The zero-order valence-corrected chi connectivity index (χ0v) is 16.0. The molecule has 1 aliphatic heterocycles. The van der Waals surface area contributed by atoms with E-state index in [9.17, 15) is 9.18 Å². The van der Waals surface area contributed by atoms with Crippen LogP contribution in [-0.4, -0.2) is 51.9 Å². The maximum atomic E-state index is 13.4. The maximum absolute atomic E-state index is 13.4. The first-order valence-corrected chi connectivity index (χ1v) is 9.42. The summed E-state index contributed by atoms with van der Waals surface area (Å²) in [7, 11) is 0. The van der Waals surface area contributed by atoms with E-state index in [0.717, 1.165) is 5.82 Å². The first-order valence-electron chi connectivity index (χ1n) is 9.42.